The first-order chi connectivity index (χ1) is 47.5. The quantitative estimate of drug-likeness (QED) is 0.0421. The average molecular weight is 1390 g/mol. The van der Waals surface area contributed by atoms with Crippen molar-refractivity contribution >= 4 is 0 Å². The summed E-state index contributed by atoms with van der Waals surface area (Å²) >= 11 is 0. The highest BCUT2D eigenvalue weighted by Gasteiger charge is 2.27. The van der Waals surface area contributed by atoms with E-state index in [1.165, 1.54) is 351 Å². The van der Waals surface area contributed by atoms with E-state index in [1.54, 1.807) is 0 Å². The molecule has 99 heavy (non-hydrogen) atoms. The van der Waals surface area contributed by atoms with Crippen LogP contribution in [0.25, 0.3) is 0 Å². The third-order valence-electron chi connectivity index (χ3n) is 20.5. The van der Waals surface area contributed by atoms with E-state index in [4.69, 9.17) is 0 Å². The lowest BCUT2D eigenvalue weighted by atomic mass is 9.88. The molecule has 1 rings (SSSR count). The Labute approximate surface area is 633 Å². The summed E-state index contributed by atoms with van der Waals surface area (Å²) in [6, 6.07) is 0. The van der Waals surface area contributed by atoms with Crippen LogP contribution in [0.4, 0.5) is 0 Å². The molecule has 0 aromatic heterocycles. The van der Waals surface area contributed by atoms with Crippen molar-refractivity contribution in [3.05, 3.63) is 72.9 Å². The van der Waals surface area contributed by atoms with E-state index in [1.807, 2.05) is 0 Å². The Balaban J connectivity index is -0.000000268. The maximum atomic E-state index is 3.95. The fourth-order valence-corrected chi connectivity index (χ4v) is 13.3. The Morgan fingerprint density at radius 3 is 1.00 bits per heavy atom. The van der Waals surface area contributed by atoms with Gasteiger partial charge in [0.2, 0.25) is 0 Å². The molecule has 0 bridgehead atoms. The predicted molar refractivity (Wildman–Crippen MR) is 468 cm³/mol. The fraction of sp³-hybridized carbons (Fsp3) is 0.879. The van der Waals surface area contributed by atoms with E-state index < -0.39 is 0 Å². The summed E-state index contributed by atoms with van der Waals surface area (Å²) in [5, 5.41) is 0. The SMILES string of the molecule is C=C(C)CCCCCC/C=C/CC(C)CC.C=C(C)CCCCCC/C=C/CC1CC(C)CC1C.CCCC(C)C.CCCCC.CCCCC(C)CC(CC)C/C=C/CCCCCCC(C)C.CCCCCC(C)C.CCCCCC(C)CCCCC/C=C/CCCCCCC(C)C. The zero-order valence-electron chi connectivity index (χ0n) is 73.9. The van der Waals surface area contributed by atoms with Gasteiger partial charge in [-0.3, -0.25) is 0 Å². The molecular weight excluding hydrogens is 1190 g/mol. The molecule has 7 unspecified atom stereocenters. The molecule has 0 radical (unpaired) electrons. The molecule has 0 heteroatoms. The minimum absolute atomic E-state index is 0.854. The van der Waals surface area contributed by atoms with Crippen molar-refractivity contribution in [2.75, 3.05) is 0 Å². The maximum Gasteiger partial charge on any atom is -0.0320 e. The van der Waals surface area contributed by atoms with Crippen molar-refractivity contribution in [3.63, 3.8) is 0 Å². The minimum atomic E-state index is 0.854. The standard InChI is InChI=1S/C23H46.C22H44.C19H34.C16H30.C8H18.C6H14.C5H12/c1-5-6-16-20-23(4)21-18-15-13-11-9-7-8-10-12-14-17-19-22(2)3;1-6-8-17-21(5)19-22(7-2)18-15-13-11-9-10-12-14-16-20(3)4;1-16(2)12-10-8-6-5-7-9-11-13-19-15-17(3)14-18(19)4;1-5-16(4)14-12-10-8-6-7-9-11-13-15(2)3;1-4-5-6-7-8(2)3;1-4-5-6(2)3;1-3-5-4-2/h7,9,22-23H,5-6,8,10-21H2,1-4H3;13,15,20-22H,6-12,14,16-19H2,1-5H3;9,11,17-19H,1,5-8,10,12-15H2,2-4H3;10,12,16H,2,5-9,11,13-14H2,1,3-4H3;8H,4-7H2,1-3H3;6H,4-5H2,1-3H3;3-5H2,1-2H3/b9-7+;15-13+;11-9+;12-10+;;;. The van der Waals surface area contributed by atoms with E-state index in [9.17, 15) is 0 Å². The first kappa shape index (κ1) is 108. The Kier molecular flexibility index (Phi) is 99.2. The second kappa shape index (κ2) is 90.7. The van der Waals surface area contributed by atoms with Gasteiger partial charge in [-0.05, 0) is 207 Å². The van der Waals surface area contributed by atoms with Gasteiger partial charge in [-0.15, -0.1) is 13.2 Å². The summed E-state index contributed by atoms with van der Waals surface area (Å²) in [6.45, 7) is 60.7. The van der Waals surface area contributed by atoms with E-state index in [0.717, 1.165) is 65.1 Å². The third-order valence-corrected chi connectivity index (χ3v) is 20.5. The van der Waals surface area contributed by atoms with Crippen LogP contribution in [-0.2, 0) is 0 Å². The number of hydrogen-bond acceptors (Lipinski definition) is 0. The van der Waals surface area contributed by atoms with Crippen LogP contribution in [-0.4, -0.2) is 0 Å². The lowest BCUT2D eigenvalue weighted by molar-refractivity contribution is 0.360. The molecule has 1 aliphatic carbocycles. The van der Waals surface area contributed by atoms with Crippen LogP contribution in [0.15, 0.2) is 72.9 Å². The van der Waals surface area contributed by atoms with Crippen LogP contribution >= 0.6 is 0 Å². The monoisotopic (exact) mass is 1390 g/mol. The number of unbranched alkanes of at least 4 members (excludes halogenated alkanes) is 26. The summed E-state index contributed by atoms with van der Waals surface area (Å²) in [4.78, 5) is 0. The van der Waals surface area contributed by atoms with Crippen molar-refractivity contribution in [2.24, 2.45) is 65.1 Å². The molecule has 1 aliphatic rings. The summed E-state index contributed by atoms with van der Waals surface area (Å²) in [7, 11) is 0. The molecule has 0 spiro atoms. The first-order valence-corrected chi connectivity index (χ1v) is 45.4. The summed E-state index contributed by atoms with van der Waals surface area (Å²) in [5.74, 6) is 10.1. The normalized spacial score (nSPS) is 15.6. The van der Waals surface area contributed by atoms with Crippen LogP contribution in [0, 0.1) is 65.1 Å². The molecule has 0 amide bonds. The molecule has 0 nitrogen and oxygen atoms in total. The fourth-order valence-electron chi connectivity index (χ4n) is 13.3. The smallest absolute Gasteiger partial charge is 0.0320 e. The topological polar surface area (TPSA) is 0 Å². The van der Waals surface area contributed by atoms with Gasteiger partial charge < -0.3 is 0 Å². The summed E-state index contributed by atoms with van der Waals surface area (Å²) in [5.41, 5.74) is 2.66. The van der Waals surface area contributed by atoms with Gasteiger partial charge in [0.15, 0.2) is 0 Å². The Hall–Kier alpha value is -1.56. The molecule has 594 valence electrons. The molecule has 0 N–H and O–H groups in total. The Morgan fingerprint density at radius 2 is 0.657 bits per heavy atom. The molecule has 0 aromatic rings. The van der Waals surface area contributed by atoms with Crippen molar-refractivity contribution in [3.8, 4) is 0 Å². The Bertz CT molecular complexity index is 1590. The highest BCUT2D eigenvalue weighted by Crippen LogP contribution is 2.38. The van der Waals surface area contributed by atoms with Gasteiger partial charge in [0.25, 0.3) is 0 Å². The lowest BCUT2D eigenvalue weighted by Crippen LogP contribution is -2.05. The van der Waals surface area contributed by atoms with Crippen molar-refractivity contribution in [1.29, 1.82) is 0 Å². The molecule has 7 atom stereocenters. The highest BCUT2D eigenvalue weighted by atomic mass is 14.3. The number of rotatable bonds is 59. The van der Waals surface area contributed by atoms with Gasteiger partial charge >= 0.3 is 0 Å². The highest BCUT2D eigenvalue weighted by molar-refractivity contribution is 4.91. The second-order valence-electron chi connectivity index (χ2n) is 34.4. The van der Waals surface area contributed by atoms with Gasteiger partial charge in [0.1, 0.15) is 0 Å². The van der Waals surface area contributed by atoms with Crippen LogP contribution < -0.4 is 0 Å². The Morgan fingerprint density at radius 1 is 0.313 bits per heavy atom. The van der Waals surface area contributed by atoms with E-state index in [-0.39, 0.29) is 0 Å². The molecule has 1 saturated carbocycles. The van der Waals surface area contributed by atoms with Gasteiger partial charge in [-0.2, -0.15) is 0 Å². The molecule has 0 aliphatic heterocycles. The van der Waals surface area contributed by atoms with Gasteiger partial charge in [-0.1, -0.05) is 417 Å². The van der Waals surface area contributed by atoms with Crippen molar-refractivity contribution in [2.45, 2.75) is 500 Å². The van der Waals surface area contributed by atoms with Gasteiger partial charge in [0.05, 0.1) is 0 Å². The summed E-state index contributed by atoms with van der Waals surface area (Å²) < 4.78 is 0. The first-order valence-electron chi connectivity index (χ1n) is 45.4. The van der Waals surface area contributed by atoms with Crippen LogP contribution in [0.1, 0.15) is 500 Å². The zero-order valence-corrected chi connectivity index (χ0v) is 73.9. The largest absolute Gasteiger partial charge is 0.100 e. The number of allylic oxidation sites excluding steroid dienone is 10. The lowest BCUT2D eigenvalue weighted by Gasteiger charge is -2.18. The maximum absolute atomic E-state index is 3.95. The van der Waals surface area contributed by atoms with Crippen LogP contribution in [0.2, 0.25) is 0 Å². The van der Waals surface area contributed by atoms with E-state index in [0.29, 0.717) is 0 Å². The molecule has 1 fully saturated rings. The zero-order chi connectivity index (χ0) is 75.6. The van der Waals surface area contributed by atoms with E-state index >= 15 is 0 Å². The predicted octanol–water partition coefficient (Wildman–Crippen LogP) is 37.2. The minimum Gasteiger partial charge on any atom is -0.100 e. The molecule has 0 heterocycles. The van der Waals surface area contributed by atoms with Gasteiger partial charge in [0, 0.05) is 0 Å². The molecule has 0 aromatic carbocycles. The average Bonchev–Trinajstić information content (AvgIpc) is 1.77. The number of hydrogen-bond donors (Lipinski definition) is 0. The van der Waals surface area contributed by atoms with E-state index in [2.05, 4.69) is 221 Å². The molecule has 0 saturated heterocycles. The molecular formula is C99H198. The van der Waals surface area contributed by atoms with Gasteiger partial charge in [-0.25, -0.2) is 0 Å². The van der Waals surface area contributed by atoms with Crippen LogP contribution in [0.5, 0.6) is 0 Å². The van der Waals surface area contributed by atoms with Crippen molar-refractivity contribution in [1.82, 2.24) is 0 Å². The van der Waals surface area contributed by atoms with Crippen molar-refractivity contribution < 1.29 is 0 Å². The second-order valence-corrected chi connectivity index (χ2v) is 34.4. The third kappa shape index (κ3) is 108. The summed E-state index contributed by atoms with van der Waals surface area (Å²) in [6.07, 6.45) is 92.1. The van der Waals surface area contributed by atoms with Crippen LogP contribution in [0.3, 0.4) is 0 Å².